The van der Waals surface area contributed by atoms with Gasteiger partial charge in [0.1, 0.15) is 5.82 Å². The summed E-state index contributed by atoms with van der Waals surface area (Å²) in [7, 11) is 0. The van der Waals surface area contributed by atoms with Gasteiger partial charge in [-0.25, -0.2) is 4.98 Å². The predicted molar refractivity (Wildman–Crippen MR) is 80.3 cm³/mol. The molecule has 1 heterocycles. The highest BCUT2D eigenvalue weighted by Crippen LogP contribution is 2.46. The molecule has 19 heavy (non-hydrogen) atoms. The summed E-state index contributed by atoms with van der Waals surface area (Å²) in [5.74, 6) is 2.65. The second kappa shape index (κ2) is 6.08. The van der Waals surface area contributed by atoms with Crippen LogP contribution in [0.5, 0.6) is 0 Å². The van der Waals surface area contributed by atoms with Crippen LogP contribution in [0, 0.1) is 11.3 Å². The first-order chi connectivity index (χ1) is 9.07. The summed E-state index contributed by atoms with van der Waals surface area (Å²) < 4.78 is 2.32. The molecule has 1 aromatic rings. The zero-order valence-electron chi connectivity index (χ0n) is 12.9. The highest BCUT2D eigenvalue weighted by molar-refractivity contribution is 5.07. The number of rotatable bonds is 5. The van der Waals surface area contributed by atoms with Gasteiger partial charge in [0.2, 0.25) is 0 Å². The second-order valence-electron chi connectivity index (χ2n) is 6.65. The molecule has 1 aliphatic rings. The quantitative estimate of drug-likeness (QED) is 0.882. The first-order valence-electron chi connectivity index (χ1n) is 7.79. The van der Waals surface area contributed by atoms with Crippen LogP contribution in [0.4, 0.5) is 0 Å². The Kier molecular flexibility index (Phi) is 4.67. The molecule has 0 saturated heterocycles. The van der Waals surface area contributed by atoms with Gasteiger partial charge >= 0.3 is 0 Å². The summed E-state index contributed by atoms with van der Waals surface area (Å²) >= 11 is 0. The van der Waals surface area contributed by atoms with Gasteiger partial charge in [0.05, 0.1) is 0 Å². The largest absolute Gasteiger partial charge is 0.335 e. The van der Waals surface area contributed by atoms with Gasteiger partial charge < -0.3 is 9.88 Å². The molecule has 0 radical (unpaired) electrons. The van der Waals surface area contributed by atoms with Crippen molar-refractivity contribution in [3.05, 3.63) is 18.2 Å². The number of aromatic nitrogens is 2. The maximum absolute atomic E-state index is 4.67. The van der Waals surface area contributed by atoms with Gasteiger partial charge in [-0.3, -0.25) is 0 Å². The fraction of sp³-hybridized carbons (Fsp3) is 0.812. The van der Waals surface area contributed by atoms with E-state index >= 15 is 0 Å². The zero-order chi connectivity index (χ0) is 13.9. The molecular weight excluding hydrogens is 234 g/mol. The van der Waals surface area contributed by atoms with Gasteiger partial charge in [0, 0.05) is 24.9 Å². The van der Waals surface area contributed by atoms with Gasteiger partial charge in [-0.15, -0.1) is 0 Å². The lowest BCUT2D eigenvalue weighted by Crippen LogP contribution is -2.36. The monoisotopic (exact) mass is 263 g/mol. The van der Waals surface area contributed by atoms with Crippen molar-refractivity contribution in [3.63, 3.8) is 0 Å². The highest BCUT2D eigenvalue weighted by atomic mass is 15.1. The van der Waals surface area contributed by atoms with Crippen LogP contribution in [0.15, 0.2) is 12.4 Å². The van der Waals surface area contributed by atoms with Crippen LogP contribution in [-0.4, -0.2) is 22.6 Å². The Morgan fingerprint density at radius 3 is 2.89 bits per heavy atom. The van der Waals surface area contributed by atoms with E-state index in [0.29, 0.717) is 11.3 Å². The van der Waals surface area contributed by atoms with E-state index in [1.165, 1.54) is 25.1 Å². The van der Waals surface area contributed by atoms with Crippen molar-refractivity contribution in [1.82, 2.24) is 14.9 Å². The number of nitrogens with zero attached hydrogens (tertiary/aromatic N) is 2. The van der Waals surface area contributed by atoms with E-state index in [4.69, 9.17) is 0 Å². The standard InChI is InChI=1S/C16H29N3/c1-5-17-12-13-7-8-16(3,4)11-14(13)15-18-9-10-19(15)6-2/h9-10,13-14,17H,5-8,11-12H2,1-4H3. The maximum Gasteiger partial charge on any atom is 0.112 e. The lowest BCUT2D eigenvalue weighted by molar-refractivity contribution is 0.153. The molecule has 1 aromatic heterocycles. The number of hydrogen-bond acceptors (Lipinski definition) is 2. The summed E-state index contributed by atoms with van der Waals surface area (Å²) in [6, 6.07) is 0. The first-order valence-corrected chi connectivity index (χ1v) is 7.79. The van der Waals surface area contributed by atoms with E-state index in [1.807, 2.05) is 6.20 Å². The molecule has 108 valence electrons. The van der Waals surface area contributed by atoms with Crippen molar-refractivity contribution in [1.29, 1.82) is 0 Å². The van der Waals surface area contributed by atoms with Crippen LogP contribution in [0.1, 0.15) is 58.7 Å². The number of imidazole rings is 1. The molecule has 0 aliphatic heterocycles. The summed E-state index contributed by atoms with van der Waals surface area (Å²) in [6.45, 7) is 12.4. The van der Waals surface area contributed by atoms with Crippen molar-refractivity contribution in [2.75, 3.05) is 13.1 Å². The number of nitrogens with one attached hydrogen (secondary N) is 1. The molecule has 2 unspecified atom stereocenters. The Morgan fingerprint density at radius 2 is 2.21 bits per heavy atom. The van der Waals surface area contributed by atoms with Crippen molar-refractivity contribution in [2.24, 2.45) is 11.3 Å². The van der Waals surface area contributed by atoms with Gasteiger partial charge in [-0.05, 0) is 50.6 Å². The minimum atomic E-state index is 0.456. The molecule has 0 aromatic carbocycles. The number of aryl methyl sites for hydroxylation is 1. The lowest BCUT2D eigenvalue weighted by Gasteiger charge is -2.40. The molecule has 0 spiro atoms. The van der Waals surface area contributed by atoms with Crippen LogP contribution >= 0.6 is 0 Å². The molecule has 1 N–H and O–H groups in total. The fourth-order valence-electron chi connectivity index (χ4n) is 3.43. The summed E-state index contributed by atoms with van der Waals surface area (Å²) in [6.07, 6.45) is 8.01. The van der Waals surface area contributed by atoms with Crippen molar-refractivity contribution < 1.29 is 0 Å². The van der Waals surface area contributed by atoms with Gasteiger partial charge in [-0.2, -0.15) is 0 Å². The minimum absolute atomic E-state index is 0.456. The second-order valence-corrected chi connectivity index (χ2v) is 6.65. The van der Waals surface area contributed by atoms with Crippen molar-refractivity contribution in [3.8, 4) is 0 Å². The first kappa shape index (κ1) is 14.6. The summed E-state index contributed by atoms with van der Waals surface area (Å²) in [5.41, 5.74) is 0.456. The lowest BCUT2D eigenvalue weighted by atomic mass is 9.66. The van der Waals surface area contributed by atoms with Crippen LogP contribution in [-0.2, 0) is 6.54 Å². The predicted octanol–water partition coefficient (Wildman–Crippen LogP) is 3.42. The number of hydrogen-bond donors (Lipinski definition) is 1. The summed E-state index contributed by atoms with van der Waals surface area (Å²) in [5, 5.41) is 3.54. The van der Waals surface area contributed by atoms with Crippen LogP contribution < -0.4 is 5.32 Å². The van der Waals surface area contributed by atoms with Crippen molar-refractivity contribution >= 4 is 0 Å². The average molecular weight is 263 g/mol. The zero-order valence-corrected chi connectivity index (χ0v) is 12.9. The molecule has 0 amide bonds. The Bertz CT molecular complexity index is 394. The van der Waals surface area contributed by atoms with E-state index in [-0.39, 0.29) is 0 Å². The third kappa shape index (κ3) is 3.38. The molecule has 1 fully saturated rings. The average Bonchev–Trinajstić information content (AvgIpc) is 2.84. The molecule has 2 atom stereocenters. The maximum atomic E-state index is 4.67. The van der Waals surface area contributed by atoms with E-state index in [0.717, 1.165) is 25.6 Å². The minimum Gasteiger partial charge on any atom is -0.335 e. The van der Waals surface area contributed by atoms with Crippen LogP contribution in [0.3, 0.4) is 0 Å². The third-order valence-corrected chi connectivity index (χ3v) is 4.61. The molecule has 3 nitrogen and oxygen atoms in total. The molecule has 1 aliphatic carbocycles. The Morgan fingerprint density at radius 1 is 1.42 bits per heavy atom. The van der Waals surface area contributed by atoms with E-state index < -0.39 is 0 Å². The Balaban J connectivity index is 2.19. The normalized spacial score (nSPS) is 26.5. The summed E-state index contributed by atoms with van der Waals surface area (Å²) in [4.78, 5) is 4.67. The van der Waals surface area contributed by atoms with Crippen LogP contribution in [0.2, 0.25) is 0 Å². The smallest absolute Gasteiger partial charge is 0.112 e. The molecule has 1 saturated carbocycles. The molecule has 2 rings (SSSR count). The van der Waals surface area contributed by atoms with Crippen LogP contribution in [0.25, 0.3) is 0 Å². The Labute approximate surface area is 117 Å². The fourth-order valence-corrected chi connectivity index (χ4v) is 3.43. The third-order valence-electron chi connectivity index (χ3n) is 4.61. The molecular formula is C16H29N3. The van der Waals surface area contributed by atoms with Gasteiger partial charge in [-0.1, -0.05) is 20.8 Å². The molecule has 0 bridgehead atoms. The Hall–Kier alpha value is -0.830. The topological polar surface area (TPSA) is 29.9 Å². The highest BCUT2D eigenvalue weighted by Gasteiger charge is 2.37. The van der Waals surface area contributed by atoms with E-state index in [1.54, 1.807) is 0 Å². The van der Waals surface area contributed by atoms with Crippen molar-refractivity contribution in [2.45, 2.75) is 59.4 Å². The van der Waals surface area contributed by atoms with E-state index in [2.05, 4.69) is 48.8 Å². The van der Waals surface area contributed by atoms with E-state index in [9.17, 15) is 0 Å². The molecule has 3 heteroatoms. The SMILES string of the molecule is CCNCC1CCC(C)(C)CC1c1nccn1CC. The van der Waals surface area contributed by atoms with Gasteiger partial charge in [0.25, 0.3) is 0 Å². The van der Waals surface area contributed by atoms with Gasteiger partial charge in [0.15, 0.2) is 0 Å².